The molecule has 1 amide bonds. The van der Waals surface area contributed by atoms with Crippen molar-refractivity contribution in [3.05, 3.63) is 0 Å². The fourth-order valence-electron chi connectivity index (χ4n) is 2.79. The van der Waals surface area contributed by atoms with Crippen LogP contribution >= 0.6 is 35.7 Å². The van der Waals surface area contributed by atoms with Crippen LogP contribution in [0.15, 0.2) is 4.99 Å². The number of amides is 1. The number of aliphatic imine (C=N–C) groups is 1. The Morgan fingerprint density at radius 2 is 1.91 bits per heavy atom. The molecule has 0 aromatic carbocycles. The van der Waals surface area contributed by atoms with Crippen LogP contribution in [0.3, 0.4) is 0 Å². The van der Waals surface area contributed by atoms with Crippen LogP contribution in [-0.4, -0.2) is 62.5 Å². The highest BCUT2D eigenvalue weighted by Gasteiger charge is 2.31. The summed E-state index contributed by atoms with van der Waals surface area (Å²) in [4.78, 5) is 17.7. The van der Waals surface area contributed by atoms with Gasteiger partial charge in [0.1, 0.15) is 6.54 Å². The number of carbonyl (C=O) groups is 1. The molecule has 1 aliphatic carbocycles. The molecule has 136 valence electrons. The highest BCUT2D eigenvalue weighted by Crippen LogP contribution is 2.40. The van der Waals surface area contributed by atoms with E-state index in [2.05, 4.69) is 28.8 Å². The molecule has 1 fully saturated rings. The fraction of sp³-hybridized carbons (Fsp3) is 0.875. The molecule has 0 aromatic rings. The lowest BCUT2D eigenvalue weighted by Crippen LogP contribution is -2.44. The van der Waals surface area contributed by atoms with Gasteiger partial charge in [0.25, 0.3) is 0 Å². The van der Waals surface area contributed by atoms with Gasteiger partial charge >= 0.3 is 0 Å². The summed E-state index contributed by atoms with van der Waals surface area (Å²) in [7, 11) is 3.52. The number of likely N-dealkylation sites (N-methyl/N-ethyl adjacent to an activating group) is 1. The normalized spacial score (nSPS) is 16.6. The van der Waals surface area contributed by atoms with Crippen molar-refractivity contribution in [2.24, 2.45) is 10.4 Å². The zero-order chi connectivity index (χ0) is 16.4. The average molecular weight is 456 g/mol. The van der Waals surface area contributed by atoms with Crippen molar-refractivity contribution >= 4 is 47.6 Å². The van der Waals surface area contributed by atoms with Gasteiger partial charge < -0.3 is 15.5 Å². The second kappa shape index (κ2) is 12.2. The Hall–Kier alpha value is -0.180. The molecule has 0 saturated heterocycles. The monoisotopic (exact) mass is 456 g/mol. The number of hydrogen-bond donors (Lipinski definition) is 2. The molecular weight excluding hydrogens is 423 g/mol. The van der Waals surface area contributed by atoms with Crippen LogP contribution in [0, 0.1) is 5.41 Å². The molecule has 0 spiro atoms. The van der Waals surface area contributed by atoms with Gasteiger partial charge in [-0.1, -0.05) is 19.8 Å². The van der Waals surface area contributed by atoms with Gasteiger partial charge in [-0.05, 0) is 30.9 Å². The molecule has 0 unspecified atom stereocenters. The molecule has 0 radical (unpaired) electrons. The van der Waals surface area contributed by atoms with Crippen LogP contribution in [0.5, 0.6) is 0 Å². The number of nitrogens with one attached hydrogen (secondary N) is 2. The molecule has 2 N–H and O–H groups in total. The molecule has 5 nitrogen and oxygen atoms in total. The summed E-state index contributed by atoms with van der Waals surface area (Å²) in [5, 5.41) is 6.79. The van der Waals surface area contributed by atoms with Gasteiger partial charge in [-0.3, -0.25) is 4.79 Å². The minimum absolute atomic E-state index is 0. The van der Waals surface area contributed by atoms with E-state index in [1.807, 2.05) is 0 Å². The van der Waals surface area contributed by atoms with Gasteiger partial charge in [0.2, 0.25) is 5.91 Å². The second-order valence-corrected chi connectivity index (χ2v) is 7.27. The smallest absolute Gasteiger partial charge is 0.243 e. The van der Waals surface area contributed by atoms with E-state index >= 15 is 0 Å². The molecule has 1 rings (SSSR count). The summed E-state index contributed by atoms with van der Waals surface area (Å²) in [6, 6.07) is 0. The highest BCUT2D eigenvalue weighted by molar-refractivity contribution is 14.0. The first-order valence-electron chi connectivity index (χ1n) is 8.24. The third kappa shape index (κ3) is 8.47. The summed E-state index contributed by atoms with van der Waals surface area (Å²) in [5.74, 6) is 1.82. The predicted octanol–water partition coefficient (Wildman–Crippen LogP) is 2.56. The first kappa shape index (κ1) is 22.8. The zero-order valence-corrected chi connectivity index (χ0v) is 18.1. The average Bonchev–Trinajstić information content (AvgIpc) is 2.98. The molecule has 0 aliphatic heterocycles. The molecule has 0 aromatic heterocycles. The number of hydrogen-bond acceptors (Lipinski definition) is 3. The van der Waals surface area contributed by atoms with Crippen LogP contribution in [0.1, 0.15) is 39.0 Å². The van der Waals surface area contributed by atoms with Gasteiger partial charge in [0.05, 0.1) is 0 Å². The minimum atomic E-state index is 0. The highest BCUT2D eigenvalue weighted by atomic mass is 127. The molecular formula is C16H33IN4OS. The molecule has 23 heavy (non-hydrogen) atoms. The maximum atomic E-state index is 11.7. The Kier molecular flexibility index (Phi) is 12.1. The van der Waals surface area contributed by atoms with Crippen LogP contribution in [0.4, 0.5) is 0 Å². The third-order valence-corrected chi connectivity index (χ3v) is 5.13. The van der Waals surface area contributed by atoms with Gasteiger partial charge in [-0.15, -0.1) is 24.0 Å². The topological polar surface area (TPSA) is 56.7 Å². The van der Waals surface area contributed by atoms with Crippen molar-refractivity contribution in [2.75, 3.05) is 45.7 Å². The van der Waals surface area contributed by atoms with E-state index in [4.69, 9.17) is 0 Å². The lowest BCUT2D eigenvalue weighted by molar-refractivity contribution is -0.127. The van der Waals surface area contributed by atoms with Crippen molar-refractivity contribution in [3.63, 3.8) is 0 Å². The number of halogens is 1. The first-order valence-corrected chi connectivity index (χ1v) is 9.63. The van der Waals surface area contributed by atoms with E-state index in [0.717, 1.165) is 24.8 Å². The SMILES string of the molecule is CCC1(CNC(=NCC(=O)N(C)C)NCCSC)CCCC1.I. The lowest BCUT2D eigenvalue weighted by atomic mass is 9.83. The number of thioether (sulfide) groups is 1. The van der Waals surface area contributed by atoms with E-state index in [1.54, 1.807) is 30.8 Å². The molecule has 0 bridgehead atoms. The van der Waals surface area contributed by atoms with Gasteiger partial charge in [0.15, 0.2) is 5.96 Å². The quantitative estimate of drug-likeness (QED) is 0.255. The van der Waals surface area contributed by atoms with Crippen LogP contribution in [0.2, 0.25) is 0 Å². The van der Waals surface area contributed by atoms with Gasteiger partial charge in [-0.25, -0.2) is 4.99 Å². The van der Waals surface area contributed by atoms with E-state index in [1.165, 1.54) is 32.1 Å². The maximum absolute atomic E-state index is 11.7. The van der Waals surface area contributed by atoms with Crippen LogP contribution in [-0.2, 0) is 4.79 Å². The lowest BCUT2D eigenvalue weighted by Gasteiger charge is -2.28. The zero-order valence-electron chi connectivity index (χ0n) is 15.0. The predicted molar refractivity (Wildman–Crippen MR) is 112 cm³/mol. The second-order valence-electron chi connectivity index (χ2n) is 6.29. The molecule has 7 heteroatoms. The Balaban J connectivity index is 0.00000484. The summed E-state index contributed by atoms with van der Waals surface area (Å²) in [5.41, 5.74) is 0.410. The fourth-order valence-corrected chi connectivity index (χ4v) is 3.09. The Morgan fingerprint density at radius 1 is 1.26 bits per heavy atom. The van der Waals surface area contributed by atoms with E-state index in [9.17, 15) is 4.79 Å². The summed E-state index contributed by atoms with van der Waals surface area (Å²) >= 11 is 1.80. The van der Waals surface area contributed by atoms with Crippen molar-refractivity contribution in [1.82, 2.24) is 15.5 Å². The van der Waals surface area contributed by atoms with Crippen molar-refractivity contribution in [3.8, 4) is 0 Å². The number of rotatable bonds is 8. The molecule has 1 saturated carbocycles. The maximum Gasteiger partial charge on any atom is 0.243 e. The number of guanidine groups is 1. The molecule has 1 aliphatic rings. The van der Waals surface area contributed by atoms with E-state index in [0.29, 0.717) is 5.41 Å². The van der Waals surface area contributed by atoms with E-state index < -0.39 is 0 Å². The molecule has 0 heterocycles. The van der Waals surface area contributed by atoms with Crippen molar-refractivity contribution in [2.45, 2.75) is 39.0 Å². The largest absolute Gasteiger partial charge is 0.356 e. The van der Waals surface area contributed by atoms with Gasteiger partial charge in [0, 0.05) is 32.9 Å². The van der Waals surface area contributed by atoms with Crippen LogP contribution in [0.25, 0.3) is 0 Å². The minimum Gasteiger partial charge on any atom is -0.356 e. The first-order chi connectivity index (χ1) is 10.5. The van der Waals surface area contributed by atoms with Gasteiger partial charge in [-0.2, -0.15) is 11.8 Å². The molecule has 0 atom stereocenters. The Bertz CT molecular complexity index is 371. The van der Waals surface area contributed by atoms with E-state index in [-0.39, 0.29) is 36.4 Å². The van der Waals surface area contributed by atoms with Crippen molar-refractivity contribution in [1.29, 1.82) is 0 Å². The van der Waals surface area contributed by atoms with Crippen LogP contribution < -0.4 is 10.6 Å². The number of nitrogens with zero attached hydrogens (tertiary/aromatic N) is 2. The standard InChI is InChI=1S/C16H32N4OS.HI/c1-5-16(8-6-7-9-16)13-19-15(17-10-11-22-4)18-12-14(21)20(2)3;/h5-13H2,1-4H3,(H2,17,18,19);1H. The Morgan fingerprint density at radius 3 is 2.43 bits per heavy atom. The third-order valence-electron chi connectivity index (χ3n) is 4.51. The number of carbonyl (C=O) groups excluding carboxylic acids is 1. The summed E-state index contributed by atoms with van der Waals surface area (Å²) in [6.45, 7) is 4.29. The van der Waals surface area contributed by atoms with Crippen molar-refractivity contribution < 1.29 is 4.79 Å². The Labute approximate surface area is 162 Å². The summed E-state index contributed by atoms with van der Waals surface area (Å²) < 4.78 is 0. The summed E-state index contributed by atoms with van der Waals surface area (Å²) in [6.07, 6.45) is 8.55.